The van der Waals surface area contributed by atoms with Gasteiger partial charge in [0.2, 0.25) is 11.8 Å². The topological polar surface area (TPSA) is 92.4 Å². The van der Waals surface area contributed by atoms with Crippen molar-refractivity contribution >= 4 is 11.8 Å². The molecule has 8 heteroatoms. The second-order valence-corrected chi connectivity index (χ2v) is 7.57. The molecule has 4 rings (SSSR count). The zero-order valence-corrected chi connectivity index (χ0v) is 16.1. The average Bonchev–Trinajstić information content (AvgIpc) is 3.31. The third-order valence-electron chi connectivity index (χ3n) is 5.72. The summed E-state index contributed by atoms with van der Waals surface area (Å²) in [5.74, 6) is 1.75. The molecule has 0 aromatic carbocycles. The van der Waals surface area contributed by atoms with E-state index in [0.717, 1.165) is 25.2 Å². The van der Waals surface area contributed by atoms with Crippen molar-refractivity contribution in [2.24, 2.45) is 0 Å². The lowest BCUT2D eigenvalue weighted by Gasteiger charge is -2.27. The van der Waals surface area contributed by atoms with Gasteiger partial charge in [0.1, 0.15) is 0 Å². The number of pyridine rings is 1. The number of carbonyl (C=O) groups excluding carboxylic acids is 2. The number of carbonyl (C=O) groups is 2. The molecule has 0 N–H and O–H groups in total. The smallest absolute Gasteiger partial charge is 0.255 e. The van der Waals surface area contributed by atoms with Gasteiger partial charge in [-0.25, -0.2) is 0 Å². The highest BCUT2D eigenvalue weighted by Crippen LogP contribution is 2.35. The van der Waals surface area contributed by atoms with Crippen LogP contribution in [0.3, 0.4) is 0 Å². The normalized spacial score (nSPS) is 19.5. The zero-order chi connectivity index (χ0) is 19.5. The molecule has 2 aromatic heterocycles. The Bertz CT molecular complexity index is 833. The van der Waals surface area contributed by atoms with E-state index in [9.17, 15) is 9.59 Å². The molecule has 3 heterocycles. The van der Waals surface area contributed by atoms with Crippen LogP contribution in [0.5, 0.6) is 0 Å². The average molecular weight is 383 g/mol. The number of hydrogen-bond acceptors (Lipinski definition) is 6. The van der Waals surface area contributed by atoms with E-state index in [2.05, 4.69) is 15.1 Å². The number of nitrogens with zero attached hydrogens (tertiary/aromatic N) is 5. The van der Waals surface area contributed by atoms with Gasteiger partial charge in [0.05, 0.1) is 11.6 Å². The first kappa shape index (κ1) is 18.6. The van der Waals surface area contributed by atoms with Gasteiger partial charge in [-0.05, 0) is 31.4 Å². The fourth-order valence-corrected chi connectivity index (χ4v) is 3.86. The third kappa shape index (κ3) is 3.90. The molecule has 8 nitrogen and oxygen atoms in total. The van der Waals surface area contributed by atoms with Gasteiger partial charge >= 0.3 is 0 Å². The van der Waals surface area contributed by atoms with Crippen LogP contribution >= 0.6 is 0 Å². The summed E-state index contributed by atoms with van der Waals surface area (Å²) in [4.78, 5) is 37.0. The molecule has 2 aromatic rings. The summed E-state index contributed by atoms with van der Waals surface area (Å²) < 4.78 is 5.36. The lowest BCUT2D eigenvalue weighted by Crippen LogP contribution is -2.42. The summed E-state index contributed by atoms with van der Waals surface area (Å²) in [6, 6.07) is 3.53. The van der Waals surface area contributed by atoms with Gasteiger partial charge in [-0.2, -0.15) is 4.98 Å². The van der Waals surface area contributed by atoms with Gasteiger partial charge in [0, 0.05) is 51.3 Å². The Kier molecular flexibility index (Phi) is 5.36. The Morgan fingerprint density at radius 2 is 2.18 bits per heavy atom. The predicted molar refractivity (Wildman–Crippen MR) is 101 cm³/mol. The van der Waals surface area contributed by atoms with E-state index in [1.807, 2.05) is 4.90 Å². The van der Waals surface area contributed by atoms with E-state index in [-0.39, 0.29) is 17.9 Å². The van der Waals surface area contributed by atoms with Crippen LogP contribution in [0.2, 0.25) is 0 Å². The highest BCUT2D eigenvalue weighted by atomic mass is 16.5. The molecule has 1 atom stereocenters. The van der Waals surface area contributed by atoms with Crippen LogP contribution < -0.4 is 0 Å². The first-order valence-corrected chi connectivity index (χ1v) is 9.91. The van der Waals surface area contributed by atoms with Gasteiger partial charge in [0.25, 0.3) is 5.91 Å². The van der Waals surface area contributed by atoms with Crippen molar-refractivity contribution in [3.63, 3.8) is 0 Å². The van der Waals surface area contributed by atoms with Crippen molar-refractivity contribution in [3.05, 3.63) is 41.8 Å². The van der Waals surface area contributed by atoms with Crippen LogP contribution in [0.1, 0.15) is 60.6 Å². The highest BCUT2D eigenvalue weighted by molar-refractivity contribution is 5.94. The van der Waals surface area contributed by atoms with Crippen LogP contribution in [-0.2, 0) is 11.2 Å². The molecule has 0 bridgehead atoms. The number of hydrogen-bond donors (Lipinski definition) is 0. The largest absolute Gasteiger partial charge is 0.339 e. The summed E-state index contributed by atoms with van der Waals surface area (Å²) >= 11 is 0. The summed E-state index contributed by atoms with van der Waals surface area (Å²) in [6.45, 7) is 3.27. The number of rotatable bonds is 6. The standard InChI is InChI=1S/C20H25N5O3/c1-14(26)25(11-8-18-22-19(28-23-18)15-4-2-5-15)17-7-10-24(13-17)20(27)16-6-3-9-21-12-16/h3,6,9,12,15,17H,2,4-5,7-8,10-11,13H2,1H3. The minimum Gasteiger partial charge on any atom is -0.339 e. The van der Waals surface area contributed by atoms with Crippen LogP contribution in [0.15, 0.2) is 29.0 Å². The summed E-state index contributed by atoms with van der Waals surface area (Å²) in [5.41, 5.74) is 0.577. The van der Waals surface area contributed by atoms with Gasteiger partial charge in [0.15, 0.2) is 5.82 Å². The molecular formula is C20H25N5O3. The second-order valence-electron chi connectivity index (χ2n) is 7.57. The van der Waals surface area contributed by atoms with E-state index >= 15 is 0 Å². The molecule has 2 fully saturated rings. The Morgan fingerprint density at radius 1 is 1.32 bits per heavy atom. The molecule has 1 aliphatic carbocycles. The van der Waals surface area contributed by atoms with E-state index < -0.39 is 0 Å². The fourth-order valence-electron chi connectivity index (χ4n) is 3.86. The summed E-state index contributed by atoms with van der Waals surface area (Å²) in [6.07, 6.45) is 8.00. The summed E-state index contributed by atoms with van der Waals surface area (Å²) in [5, 5.41) is 4.06. The Morgan fingerprint density at radius 3 is 2.86 bits per heavy atom. The minimum atomic E-state index is -0.0394. The molecule has 1 saturated heterocycles. The van der Waals surface area contributed by atoms with Crippen LogP contribution in [0, 0.1) is 0 Å². The molecule has 2 amide bonds. The first-order chi connectivity index (χ1) is 13.6. The predicted octanol–water partition coefficient (Wildman–Crippen LogP) is 2.04. The Balaban J connectivity index is 1.35. The van der Waals surface area contributed by atoms with Gasteiger partial charge in [-0.1, -0.05) is 11.6 Å². The van der Waals surface area contributed by atoms with Crippen molar-refractivity contribution in [1.29, 1.82) is 0 Å². The Hall–Kier alpha value is -2.77. The fraction of sp³-hybridized carbons (Fsp3) is 0.550. The van der Waals surface area contributed by atoms with Crippen LogP contribution in [0.4, 0.5) is 0 Å². The van der Waals surface area contributed by atoms with Crippen molar-refractivity contribution < 1.29 is 14.1 Å². The SMILES string of the molecule is CC(=O)N(CCc1noc(C2CCC2)n1)C1CCN(C(=O)c2cccnc2)C1. The maximum Gasteiger partial charge on any atom is 0.255 e. The molecule has 0 radical (unpaired) electrons. The maximum absolute atomic E-state index is 12.6. The van der Waals surface area contributed by atoms with Gasteiger partial charge in [-0.15, -0.1) is 0 Å². The van der Waals surface area contributed by atoms with E-state index in [0.29, 0.717) is 43.4 Å². The van der Waals surface area contributed by atoms with Gasteiger partial charge < -0.3 is 14.3 Å². The monoisotopic (exact) mass is 383 g/mol. The van der Waals surface area contributed by atoms with E-state index in [4.69, 9.17) is 4.52 Å². The van der Waals surface area contributed by atoms with E-state index in [1.165, 1.54) is 6.42 Å². The summed E-state index contributed by atoms with van der Waals surface area (Å²) in [7, 11) is 0. The molecule has 28 heavy (non-hydrogen) atoms. The zero-order valence-electron chi connectivity index (χ0n) is 16.1. The maximum atomic E-state index is 12.6. The van der Waals surface area contributed by atoms with Crippen LogP contribution in [-0.4, -0.2) is 62.4 Å². The van der Waals surface area contributed by atoms with Crippen molar-refractivity contribution in [2.45, 2.75) is 51.0 Å². The first-order valence-electron chi connectivity index (χ1n) is 9.91. The lowest BCUT2D eigenvalue weighted by molar-refractivity contribution is -0.130. The number of aromatic nitrogens is 3. The van der Waals surface area contributed by atoms with Crippen LogP contribution in [0.25, 0.3) is 0 Å². The van der Waals surface area contributed by atoms with Gasteiger partial charge in [-0.3, -0.25) is 14.6 Å². The van der Waals surface area contributed by atoms with Crippen molar-refractivity contribution in [3.8, 4) is 0 Å². The minimum absolute atomic E-state index is 0.00314. The highest BCUT2D eigenvalue weighted by Gasteiger charge is 2.32. The molecule has 1 aliphatic heterocycles. The molecule has 2 aliphatic rings. The second kappa shape index (κ2) is 8.08. The number of likely N-dealkylation sites (tertiary alicyclic amines) is 1. The lowest BCUT2D eigenvalue weighted by atomic mass is 9.85. The Labute approximate surface area is 163 Å². The molecule has 1 unspecified atom stereocenters. The molecule has 1 saturated carbocycles. The van der Waals surface area contributed by atoms with Crippen molar-refractivity contribution in [2.75, 3.05) is 19.6 Å². The van der Waals surface area contributed by atoms with Crippen molar-refractivity contribution in [1.82, 2.24) is 24.9 Å². The number of amides is 2. The molecule has 0 spiro atoms. The van der Waals surface area contributed by atoms with E-state index in [1.54, 1.807) is 36.4 Å². The quantitative estimate of drug-likeness (QED) is 0.758. The third-order valence-corrected chi connectivity index (χ3v) is 5.72. The molecule has 148 valence electrons. The molecular weight excluding hydrogens is 358 g/mol.